The molecular formula is C12H14N4O. The maximum atomic E-state index is 11.8. The third kappa shape index (κ3) is 2.33. The number of hydrogen-bond donors (Lipinski definition) is 3. The molecule has 0 saturated carbocycles. The van der Waals surface area contributed by atoms with Crippen LogP contribution in [-0.4, -0.2) is 16.9 Å². The smallest absolute Gasteiger partial charge is 0.259 e. The topological polar surface area (TPSA) is 91.9 Å². The Labute approximate surface area is 99.2 Å². The van der Waals surface area contributed by atoms with Crippen molar-refractivity contribution in [3.8, 4) is 0 Å². The molecule has 0 unspecified atom stereocenters. The average Bonchev–Trinajstić information content (AvgIpc) is 2.27. The summed E-state index contributed by atoms with van der Waals surface area (Å²) < 4.78 is 0. The molecule has 1 aliphatic rings. The predicted molar refractivity (Wildman–Crippen MR) is 65.7 cm³/mol. The molecule has 0 radical (unpaired) electrons. The number of amides is 1. The number of carbonyl (C=O) groups is 1. The van der Waals surface area contributed by atoms with Gasteiger partial charge in [-0.15, -0.1) is 0 Å². The fraction of sp³-hybridized carbons (Fsp3) is 0.250. The Bertz CT molecular complexity index is 519. The van der Waals surface area contributed by atoms with Crippen LogP contribution in [0.25, 0.3) is 6.08 Å². The van der Waals surface area contributed by atoms with Gasteiger partial charge in [0.05, 0.1) is 17.0 Å². The molecule has 1 amide bonds. The van der Waals surface area contributed by atoms with E-state index < -0.39 is 0 Å². The molecule has 5 nitrogen and oxygen atoms in total. The van der Waals surface area contributed by atoms with Crippen LogP contribution in [0.15, 0.2) is 12.1 Å². The Kier molecular flexibility index (Phi) is 2.91. The van der Waals surface area contributed by atoms with E-state index in [2.05, 4.69) is 16.4 Å². The molecule has 2 rings (SSSR count). The molecule has 1 aromatic rings. The van der Waals surface area contributed by atoms with Crippen LogP contribution in [0.1, 0.15) is 33.7 Å². The highest BCUT2D eigenvalue weighted by molar-refractivity contribution is 6.05. The van der Waals surface area contributed by atoms with E-state index in [4.69, 9.17) is 11.1 Å². The first-order valence-corrected chi connectivity index (χ1v) is 5.40. The number of nitrogens with two attached hydrogens (primary N) is 1. The van der Waals surface area contributed by atoms with Crippen LogP contribution < -0.4 is 11.1 Å². The first kappa shape index (κ1) is 11.3. The van der Waals surface area contributed by atoms with Crippen molar-refractivity contribution in [2.24, 2.45) is 5.73 Å². The van der Waals surface area contributed by atoms with Crippen LogP contribution in [0.5, 0.6) is 0 Å². The van der Waals surface area contributed by atoms with Crippen LogP contribution in [0, 0.1) is 12.3 Å². The number of pyridine rings is 1. The van der Waals surface area contributed by atoms with Crippen molar-refractivity contribution < 1.29 is 4.79 Å². The lowest BCUT2D eigenvalue weighted by Crippen LogP contribution is -2.36. The molecule has 0 fully saturated rings. The third-order valence-corrected chi connectivity index (χ3v) is 2.67. The maximum Gasteiger partial charge on any atom is 0.259 e. The number of hydrogen-bond acceptors (Lipinski definition) is 3. The molecule has 0 aromatic carbocycles. The normalized spacial score (nSPS) is 13.0. The Morgan fingerprint density at radius 3 is 3.06 bits per heavy atom. The lowest BCUT2D eigenvalue weighted by molar-refractivity contribution is 0.0975. The summed E-state index contributed by atoms with van der Waals surface area (Å²) in [6.45, 7) is 1.78. The van der Waals surface area contributed by atoms with Gasteiger partial charge in [0.25, 0.3) is 5.91 Å². The van der Waals surface area contributed by atoms with Crippen LogP contribution in [0.4, 0.5) is 0 Å². The zero-order valence-corrected chi connectivity index (χ0v) is 9.58. The molecule has 0 spiro atoms. The minimum Gasteiger partial charge on any atom is -0.370 e. The van der Waals surface area contributed by atoms with Gasteiger partial charge in [0.2, 0.25) is 0 Å². The van der Waals surface area contributed by atoms with Crippen molar-refractivity contribution in [1.29, 1.82) is 5.41 Å². The van der Waals surface area contributed by atoms with Crippen LogP contribution in [0.2, 0.25) is 0 Å². The SMILES string of the molecule is Cc1nc2c(cc1C(=O)NC(=N)N)CCC=C2. The summed E-state index contributed by atoms with van der Waals surface area (Å²) in [7, 11) is 0. The highest BCUT2D eigenvalue weighted by atomic mass is 16.1. The molecule has 5 heteroatoms. The van der Waals surface area contributed by atoms with E-state index >= 15 is 0 Å². The molecule has 0 atom stereocenters. The third-order valence-electron chi connectivity index (χ3n) is 2.67. The molecule has 0 saturated heterocycles. The molecule has 17 heavy (non-hydrogen) atoms. The first-order chi connectivity index (χ1) is 8.08. The monoisotopic (exact) mass is 230 g/mol. The van der Waals surface area contributed by atoms with Gasteiger partial charge in [-0.3, -0.25) is 20.5 Å². The zero-order chi connectivity index (χ0) is 12.4. The fourth-order valence-electron chi connectivity index (χ4n) is 1.86. The van der Waals surface area contributed by atoms with Gasteiger partial charge in [-0.25, -0.2) is 0 Å². The van der Waals surface area contributed by atoms with E-state index in [0.717, 1.165) is 24.1 Å². The second-order valence-corrected chi connectivity index (χ2v) is 3.97. The largest absolute Gasteiger partial charge is 0.370 e. The van der Waals surface area contributed by atoms with Gasteiger partial charge in [-0.05, 0) is 37.5 Å². The molecule has 88 valence electrons. The summed E-state index contributed by atoms with van der Waals surface area (Å²) in [5, 5.41) is 9.32. The standard InChI is InChI=1S/C12H14N4O/c1-7-9(11(17)16-12(13)14)6-8-4-2-3-5-10(8)15-7/h3,5-6H,2,4H2,1H3,(H4,13,14,16,17). The van der Waals surface area contributed by atoms with E-state index in [9.17, 15) is 4.79 Å². The Hall–Kier alpha value is -2.17. The van der Waals surface area contributed by atoms with Crippen LogP contribution in [0.3, 0.4) is 0 Å². The molecule has 1 aromatic heterocycles. The minimum absolute atomic E-state index is 0.355. The molecule has 1 heterocycles. The molecule has 1 aliphatic carbocycles. The fourth-order valence-corrected chi connectivity index (χ4v) is 1.86. The van der Waals surface area contributed by atoms with Crippen LogP contribution in [-0.2, 0) is 6.42 Å². The summed E-state index contributed by atoms with van der Waals surface area (Å²) >= 11 is 0. The minimum atomic E-state index is -0.375. The number of nitrogens with one attached hydrogen (secondary N) is 2. The van der Waals surface area contributed by atoms with Crippen molar-refractivity contribution >= 4 is 17.9 Å². The Balaban J connectivity index is 2.38. The highest BCUT2D eigenvalue weighted by Gasteiger charge is 2.15. The van der Waals surface area contributed by atoms with Gasteiger partial charge in [0, 0.05) is 0 Å². The van der Waals surface area contributed by atoms with Crippen molar-refractivity contribution in [2.45, 2.75) is 19.8 Å². The summed E-state index contributed by atoms with van der Waals surface area (Å²) in [5.41, 5.74) is 8.25. The van der Waals surface area contributed by atoms with Crippen molar-refractivity contribution in [2.75, 3.05) is 0 Å². The number of allylic oxidation sites excluding steroid dienone is 1. The molecule has 4 N–H and O–H groups in total. The predicted octanol–water partition coefficient (Wildman–Crippen LogP) is 0.973. The quantitative estimate of drug-likeness (QED) is 0.496. The van der Waals surface area contributed by atoms with Gasteiger partial charge in [-0.2, -0.15) is 0 Å². The zero-order valence-electron chi connectivity index (χ0n) is 9.58. The summed E-state index contributed by atoms with van der Waals surface area (Å²) in [4.78, 5) is 16.2. The molecule has 0 bridgehead atoms. The second kappa shape index (κ2) is 4.37. The summed E-state index contributed by atoms with van der Waals surface area (Å²) in [5.74, 6) is -0.730. The number of fused-ring (bicyclic) bond motifs is 1. The number of aromatic nitrogens is 1. The van der Waals surface area contributed by atoms with Crippen molar-refractivity contribution in [3.63, 3.8) is 0 Å². The van der Waals surface area contributed by atoms with E-state index in [1.165, 1.54) is 0 Å². The number of aryl methyl sites for hydroxylation is 2. The van der Waals surface area contributed by atoms with E-state index in [1.807, 2.05) is 12.1 Å². The average molecular weight is 230 g/mol. The van der Waals surface area contributed by atoms with Crippen molar-refractivity contribution in [3.05, 3.63) is 34.7 Å². The van der Waals surface area contributed by atoms with Gasteiger partial charge in [-0.1, -0.05) is 6.08 Å². The van der Waals surface area contributed by atoms with E-state index in [0.29, 0.717) is 11.3 Å². The lowest BCUT2D eigenvalue weighted by Gasteiger charge is -2.13. The highest BCUT2D eigenvalue weighted by Crippen LogP contribution is 2.20. The van der Waals surface area contributed by atoms with Gasteiger partial charge in [0.1, 0.15) is 0 Å². The van der Waals surface area contributed by atoms with Gasteiger partial charge in [0.15, 0.2) is 5.96 Å². The number of carbonyl (C=O) groups excluding carboxylic acids is 1. The summed E-state index contributed by atoms with van der Waals surface area (Å²) in [6, 6.07) is 1.83. The molecule has 0 aliphatic heterocycles. The lowest BCUT2D eigenvalue weighted by atomic mass is 9.99. The van der Waals surface area contributed by atoms with Crippen LogP contribution >= 0.6 is 0 Å². The second-order valence-electron chi connectivity index (χ2n) is 3.97. The maximum absolute atomic E-state index is 11.8. The van der Waals surface area contributed by atoms with Gasteiger partial charge >= 0.3 is 0 Å². The summed E-state index contributed by atoms with van der Waals surface area (Å²) in [6.07, 6.45) is 5.90. The first-order valence-electron chi connectivity index (χ1n) is 5.40. The van der Waals surface area contributed by atoms with E-state index in [1.54, 1.807) is 6.92 Å². The van der Waals surface area contributed by atoms with Gasteiger partial charge < -0.3 is 5.73 Å². The van der Waals surface area contributed by atoms with Crippen molar-refractivity contribution in [1.82, 2.24) is 10.3 Å². The Morgan fingerprint density at radius 2 is 2.35 bits per heavy atom. The number of rotatable bonds is 1. The number of guanidine groups is 1. The Morgan fingerprint density at radius 1 is 1.59 bits per heavy atom. The number of nitrogens with zero attached hydrogens (tertiary/aromatic N) is 1. The molecular weight excluding hydrogens is 216 g/mol. The van der Waals surface area contributed by atoms with E-state index in [-0.39, 0.29) is 11.9 Å².